The largest absolute Gasteiger partial charge is 0.300 e. The minimum atomic E-state index is 0.205. The van der Waals surface area contributed by atoms with Gasteiger partial charge in [0.15, 0.2) is 0 Å². The minimum Gasteiger partial charge on any atom is -0.300 e. The lowest BCUT2D eigenvalue weighted by molar-refractivity contribution is -0.116. The lowest BCUT2D eigenvalue weighted by Gasteiger charge is -1.98. The van der Waals surface area contributed by atoms with Gasteiger partial charge in [-0.3, -0.25) is 4.79 Å². The van der Waals surface area contributed by atoms with Gasteiger partial charge in [0.25, 0.3) is 0 Å². The van der Waals surface area contributed by atoms with Gasteiger partial charge < -0.3 is 0 Å². The van der Waals surface area contributed by atoms with Crippen LogP contribution >= 0.6 is 0 Å². The van der Waals surface area contributed by atoms with E-state index in [4.69, 9.17) is 0 Å². The molecule has 0 atom stereocenters. The summed E-state index contributed by atoms with van der Waals surface area (Å²) in [5.74, 6) is 0.205. The number of ketones is 1. The summed E-state index contributed by atoms with van der Waals surface area (Å²) < 4.78 is 0. The Balaban J connectivity index is 4.38. The molecule has 0 fully saturated rings. The number of allylic oxidation sites excluding steroid dienone is 5. The second-order valence-electron chi connectivity index (χ2n) is 3.60. The van der Waals surface area contributed by atoms with Gasteiger partial charge in [-0.15, -0.1) is 0 Å². The number of carbonyl (C=O) groups is 1. The van der Waals surface area contributed by atoms with Crippen molar-refractivity contribution in [3.63, 3.8) is 0 Å². The Morgan fingerprint density at radius 3 is 2.08 bits per heavy atom. The van der Waals surface area contributed by atoms with Gasteiger partial charge in [0.2, 0.25) is 0 Å². The maximum Gasteiger partial charge on any atom is 0.133 e. The molecule has 0 aliphatic heterocycles. The van der Waals surface area contributed by atoms with Crippen LogP contribution in [-0.2, 0) is 4.79 Å². The molecule has 0 heterocycles. The molecule has 0 radical (unpaired) electrons. The predicted octanol–water partition coefficient (Wildman–Crippen LogP) is 3.43. The molecule has 1 nitrogen and oxygen atoms in total. The predicted molar refractivity (Wildman–Crippen MR) is 57.6 cm³/mol. The molecule has 0 spiro atoms. The average Bonchev–Trinajstić information content (AvgIpc) is 1.80. The van der Waals surface area contributed by atoms with Gasteiger partial charge in [-0.05, 0) is 27.7 Å². The molecule has 0 aliphatic carbocycles. The third-order valence-corrected chi connectivity index (χ3v) is 1.48. The highest BCUT2D eigenvalue weighted by molar-refractivity contribution is 5.78. The van der Waals surface area contributed by atoms with Crippen LogP contribution in [0.4, 0.5) is 0 Å². The molecule has 0 aliphatic rings. The van der Waals surface area contributed by atoms with Gasteiger partial charge in [-0.1, -0.05) is 35.5 Å². The topological polar surface area (TPSA) is 17.1 Å². The molecule has 0 N–H and O–H groups in total. The summed E-state index contributed by atoms with van der Waals surface area (Å²) in [6.07, 6.45) is 4.57. The SMILES string of the molecule is C=C(C)/C=C(C)\C=C(\C)CC(C)=O. The molecule has 0 aromatic rings. The molecule has 0 aromatic carbocycles. The zero-order valence-corrected chi connectivity index (χ0v) is 8.98. The fourth-order valence-corrected chi connectivity index (χ4v) is 1.26. The second-order valence-corrected chi connectivity index (χ2v) is 3.60. The first kappa shape index (κ1) is 11.9. The first-order valence-electron chi connectivity index (χ1n) is 4.42. The summed E-state index contributed by atoms with van der Waals surface area (Å²) in [5, 5.41) is 0. The van der Waals surface area contributed by atoms with E-state index in [9.17, 15) is 4.79 Å². The summed E-state index contributed by atoms with van der Waals surface area (Å²) >= 11 is 0. The second kappa shape index (κ2) is 5.52. The van der Waals surface area contributed by atoms with Crippen LogP contribution in [0.25, 0.3) is 0 Å². The summed E-state index contributed by atoms with van der Waals surface area (Å²) in [4.78, 5) is 10.8. The first-order valence-corrected chi connectivity index (χ1v) is 4.42. The highest BCUT2D eigenvalue weighted by Crippen LogP contribution is 2.07. The summed E-state index contributed by atoms with van der Waals surface area (Å²) in [5.41, 5.74) is 3.28. The number of Topliss-reactive ketones (excluding diaryl/α,β-unsaturated/α-hetero) is 1. The molecule has 0 bridgehead atoms. The van der Waals surface area contributed by atoms with E-state index in [1.54, 1.807) is 6.92 Å². The van der Waals surface area contributed by atoms with Gasteiger partial charge >= 0.3 is 0 Å². The molecule has 72 valence electrons. The zero-order chi connectivity index (χ0) is 10.4. The lowest BCUT2D eigenvalue weighted by atomic mass is 10.1. The molecule has 0 saturated carbocycles. The van der Waals surface area contributed by atoms with E-state index in [1.165, 1.54) is 0 Å². The molecular formula is C12H18O. The molecule has 0 amide bonds. The van der Waals surface area contributed by atoms with E-state index in [1.807, 2.05) is 32.9 Å². The van der Waals surface area contributed by atoms with Crippen molar-refractivity contribution >= 4 is 5.78 Å². The van der Waals surface area contributed by atoms with Crippen molar-refractivity contribution in [2.75, 3.05) is 0 Å². The van der Waals surface area contributed by atoms with Crippen molar-refractivity contribution in [2.45, 2.75) is 34.1 Å². The van der Waals surface area contributed by atoms with Crippen molar-refractivity contribution < 1.29 is 4.79 Å². The molecule has 1 heteroatoms. The molecule has 0 saturated heterocycles. The van der Waals surface area contributed by atoms with Crippen molar-refractivity contribution in [3.8, 4) is 0 Å². The van der Waals surface area contributed by atoms with Crippen LogP contribution in [-0.4, -0.2) is 5.78 Å². The lowest BCUT2D eigenvalue weighted by Crippen LogP contribution is -1.90. The molecule has 13 heavy (non-hydrogen) atoms. The summed E-state index contributed by atoms with van der Waals surface area (Å²) in [6.45, 7) is 11.3. The van der Waals surface area contributed by atoms with Gasteiger partial charge in [0.05, 0.1) is 0 Å². The highest BCUT2D eigenvalue weighted by atomic mass is 16.1. The molecule has 0 unspecified atom stereocenters. The highest BCUT2D eigenvalue weighted by Gasteiger charge is 1.94. The smallest absolute Gasteiger partial charge is 0.133 e. The number of hydrogen-bond donors (Lipinski definition) is 0. The van der Waals surface area contributed by atoms with Crippen LogP contribution in [0.2, 0.25) is 0 Å². The Hall–Kier alpha value is -1.11. The van der Waals surface area contributed by atoms with Crippen LogP contribution in [0.1, 0.15) is 34.1 Å². The van der Waals surface area contributed by atoms with Crippen LogP contribution in [0.3, 0.4) is 0 Å². The van der Waals surface area contributed by atoms with Crippen molar-refractivity contribution in [1.82, 2.24) is 0 Å². The Kier molecular flexibility index (Phi) is 5.05. The van der Waals surface area contributed by atoms with Crippen LogP contribution in [0.5, 0.6) is 0 Å². The van der Waals surface area contributed by atoms with E-state index >= 15 is 0 Å². The summed E-state index contributed by atoms with van der Waals surface area (Å²) in [7, 11) is 0. The van der Waals surface area contributed by atoms with Crippen molar-refractivity contribution in [3.05, 3.63) is 35.5 Å². The molecule has 0 aromatic heterocycles. The van der Waals surface area contributed by atoms with E-state index in [2.05, 4.69) is 6.58 Å². The maximum absolute atomic E-state index is 10.8. The third-order valence-electron chi connectivity index (χ3n) is 1.48. The minimum absolute atomic E-state index is 0.205. The molecule has 0 rings (SSSR count). The third kappa shape index (κ3) is 7.26. The van der Waals surface area contributed by atoms with E-state index in [-0.39, 0.29) is 5.78 Å². The van der Waals surface area contributed by atoms with E-state index in [0.29, 0.717) is 6.42 Å². The Morgan fingerprint density at radius 2 is 1.69 bits per heavy atom. The van der Waals surface area contributed by atoms with Crippen LogP contribution < -0.4 is 0 Å². The Labute approximate surface area is 80.8 Å². The number of hydrogen-bond acceptors (Lipinski definition) is 1. The Morgan fingerprint density at radius 1 is 1.15 bits per heavy atom. The summed E-state index contributed by atoms with van der Waals surface area (Å²) in [6, 6.07) is 0. The van der Waals surface area contributed by atoms with Crippen LogP contribution in [0, 0.1) is 0 Å². The number of carbonyl (C=O) groups excluding carboxylic acids is 1. The fraction of sp³-hybridized carbons (Fsp3) is 0.417. The van der Waals surface area contributed by atoms with Gasteiger partial charge in [-0.25, -0.2) is 0 Å². The quantitative estimate of drug-likeness (QED) is 0.603. The van der Waals surface area contributed by atoms with Crippen molar-refractivity contribution in [1.29, 1.82) is 0 Å². The average molecular weight is 178 g/mol. The van der Waals surface area contributed by atoms with Crippen LogP contribution in [0.15, 0.2) is 35.5 Å². The number of rotatable bonds is 4. The van der Waals surface area contributed by atoms with Gasteiger partial charge in [-0.2, -0.15) is 0 Å². The van der Waals surface area contributed by atoms with Gasteiger partial charge in [0, 0.05) is 6.42 Å². The molecular weight excluding hydrogens is 160 g/mol. The van der Waals surface area contributed by atoms with E-state index < -0.39 is 0 Å². The standard InChI is InChI=1S/C12H18O/c1-9(2)6-10(3)7-11(4)8-12(5)13/h6-7H,1,8H2,2-5H3/b10-6-,11-7-. The van der Waals surface area contributed by atoms with Gasteiger partial charge in [0.1, 0.15) is 5.78 Å². The normalized spacial score (nSPS) is 12.9. The van der Waals surface area contributed by atoms with E-state index in [0.717, 1.165) is 16.7 Å². The first-order chi connectivity index (χ1) is 5.91. The van der Waals surface area contributed by atoms with Crippen molar-refractivity contribution in [2.24, 2.45) is 0 Å². The fourth-order valence-electron chi connectivity index (χ4n) is 1.26. The maximum atomic E-state index is 10.8. The monoisotopic (exact) mass is 178 g/mol. The Bertz CT molecular complexity index is 267. The zero-order valence-electron chi connectivity index (χ0n) is 8.98.